The van der Waals surface area contributed by atoms with E-state index < -0.39 is 5.97 Å². The number of ketones is 1. The molecule has 0 atom stereocenters. The number of carbonyl (C=O) groups excluding carboxylic acids is 1. The van der Waals surface area contributed by atoms with Gasteiger partial charge in [0, 0.05) is 19.3 Å². The molecule has 0 bridgehead atoms. The second-order valence-electron chi connectivity index (χ2n) is 5.38. The minimum absolute atomic E-state index is 0.0686. The molecular formula is C16H22O3. The lowest BCUT2D eigenvalue weighted by Gasteiger charge is -2.07. The molecule has 0 saturated carbocycles. The fourth-order valence-electron chi connectivity index (χ4n) is 2.09. The van der Waals surface area contributed by atoms with Crippen LogP contribution in [0.2, 0.25) is 0 Å². The summed E-state index contributed by atoms with van der Waals surface area (Å²) >= 11 is 0. The molecule has 0 radical (unpaired) electrons. The second-order valence-corrected chi connectivity index (χ2v) is 5.38. The van der Waals surface area contributed by atoms with Gasteiger partial charge in [-0.1, -0.05) is 38.1 Å². The molecule has 0 aliphatic carbocycles. The highest BCUT2D eigenvalue weighted by Crippen LogP contribution is 2.12. The Hall–Kier alpha value is -1.64. The first-order valence-corrected chi connectivity index (χ1v) is 6.78. The van der Waals surface area contributed by atoms with E-state index in [-0.39, 0.29) is 12.2 Å². The van der Waals surface area contributed by atoms with Crippen LogP contribution in [0.25, 0.3) is 0 Å². The normalized spacial score (nSPS) is 10.7. The highest BCUT2D eigenvalue weighted by atomic mass is 16.4. The van der Waals surface area contributed by atoms with Gasteiger partial charge in [0.1, 0.15) is 5.78 Å². The number of hydrogen-bond donors (Lipinski definition) is 1. The van der Waals surface area contributed by atoms with Gasteiger partial charge in [-0.3, -0.25) is 9.59 Å². The lowest BCUT2D eigenvalue weighted by molar-refractivity contribution is -0.137. The molecule has 3 heteroatoms. The number of aliphatic carboxylic acids is 1. The van der Waals surface area contributed by atoms with Crippen molar-refractivity contribution in [2.24, 2.45) is 5.92 Å². The topological polar surface area (TPSA) is 54.4 Å². The minimum Gasteiger partial charge on any atom is -0.481 e. The van der Waals surface area contributed by atoms with Gasteiger partial charge < -0.3 is 5.11 Å². The molecule has 1 rings (SSSR count). The Morgan fingerprint density at radius 1 is 1.16 bits per heavy atom. The quantitative estimate of drug-likeness (QED) is 0.782. The van der Waals surface area contributed by atoms with Crippen LogP contribution in [0.5, 0.6) is 0 Å². The van der Waals surface area contributed by atoms with Crippen molar-refractivity contribution < 1.29 is 14.7 Å². The van der Waals surface area contributed by atoms with Crippen LogP contribution >= 0.6 is 0 Å². The van der Waals surface area contributed by atoms with Gasteiger partial charge in [0.05, 0.1) is 0 Å². The van der Waals surface area contributed by atoms with Crippen molar-refractivity contribution in [1.29, 1.82) is 0 Å². The average Bonchev–Trinajstić information content (AvgIpc) is 2.27. The fourth-order valence-corrected chi connectivity index (χ4v) is 2.09. The van der Waals surface area contributed by atoms with Gasteiger partial charge in [-0.15, -0.1) is 0 Å². The molecule has 0 aliphatic rings. The predicted octanol–water partition coefficient (Wildman–Crippen LogP) is 3.25. The van der Waals surface area contributed by atoms with E-state index in [4.69, 9.17) is 5.11 Å². The lowest BCUT2D eigenvalue weighted by Crippen LogP contribution is -2.05. The maximum Gasteiger partial charge on any atom is 0.303 e. The van der Waals surface area contributed by atoms with Crippen LogP contribution in [0, 0.1) is 5.92 Å². The SMILES string of the molecule is CC(C)Cc1cccc(CC(=O)CCCC(=O)O)c1. The van der Waals surface area contributed by atoms with Crippen molar-refractivity contribution in [3.63, 3.8) is 0 Å². The van der Waals surface area contributed by atoms with E-state index in [0.29, 0.717) is 25.2 Å². The van der Waals surface area contributed by atoms with Gasteiger partial charge >= 0.3 is 5.97 Å². The number of rotatable bonds is 8. The molecule has 1 N–H and O–H groups in total. The third-order valence-corrected chi connectivity index (χ3v) is 2.88. The number of carbonyl (C=O) groups is 2. The fraction of sp³-hybridized carbons (Fsp3) is 0.500. The summed E-state index contributed by atoms with van der Waals surface area (Å²) < 4.78 is 0. The highest BCUT2D eigenvalue weighted by Gasteiger charge is 2.06. The molecule has 0 saturated heterocycles. The Bertz CT molecular complexity index is 435. The molecule has 19 heavy (non-hydrogen) atoms. The van der Waals surface area contributed by atoms with E-state index in [1.807, 2.05) is 12.1 Å². The number of benzene rings is 1. The summed E-state index contributed by atoms with van der Waals surface area (Å²) in [5.41, 5.74) is 2.28. The maximum absolute atomic E-state index is 11.7. The van der Waals surface area contributed by atoms with Crippen molar-refractivity contribution in [2.75, 3.05) is 0 Å². The molecule has 3 nitrogen and oxygen atoms in total. The Labute approximate surface area is 114 Å². The highest BCUT2D eigenvalue weighted by molar-refractivity contribution is 5.81. The predicted molar refractivity (Wildman–Crippen MR) is 75.2 cm³/mol. The van der Waals surface area contributed by atoms with Crippen LogP contribution in [-0.4, -0.2) is 16.9 Å². The molecule has 104 valence electrons. The standard InChI is InChI=1S/C16H22O3/c1-12(2)9-13-5-3-6-14(10-13)11-15(17)7-4-8-16(18)19/h3,5-6,10,12H,4,7-9,11H2,1-2H3,(H,18,19). The zero-order chi connectivity index (χ0) is 14.3. The van der Waals surface area contributed by atoms with E-state index in [0.717, 1.165) is 12.0 Å². The van der Waals surface area contributed by atoms with E-state index in [9.17, 15) is 9.59 Å². The molecule has 0 aromatic heterocycles. The largest absolute Gasteiger partial charge is 0.481 e. The van der Waals surface area contributed by atoms with Crippen LogP contribution in [0.1, 0.15) is 44.2 Å². The van der Waals surface area contributed by atoms with E-state index in [1.54, 1.807) is 0 Å². The third kappa shape index (κ3) is 6.75. The molecular weight excluding hydrogens is 240 g/mol. The first-order chi connectivity index (χ1) is 8.97. The van der Waals surface area contributed by atoms with E-state index in [2.05, 4.69) is 26.0 Å². The number of carboxylic acid groups (broad SMARTS) is 1. The molecule has 0 fully saturated rings. The van der Waals surface area contributed by atoms with Gasteiger partial charge in [0.25, 0.3) is 0 Å². The van der Waals surface area contributed by atoms with Crippen LogP contribution in [0.3, 0.4) is 0 Å². The van der Waals surface area contributed by atoms with Gasteiger partial charge in [-0.25, -0.2) is 0 Å². The van der Waals surface area contributed by atoms with E-state index >= 15 is 0 Å². The maximum atomic E-state index is 11.7. The average molecular weight is 262 g/mol. The zero-order valence-electron chi connectivity index (χ0n) is 11.7. The summed E-state index contributed by atoms with van der Waals surface area (Å²) in [5, 5.41) is 8.53. The molecule has 0 aliphatic heterocycles. The van der Waals surface area contributed by atoms with Crippen LogP contribution in [0.15, 0.2) is 24.3 Å². The van der Waals surface area contributed by atoms with Crippen molar-refractivity contribution in [1.82, 2.24) is 0 Å². The lowest BCUT2D eigenvalue weighted by atomic mass is 9.98. The first-order valence-electron chi connectivity index (χ1n) is 6.78. The van der Waals surface area contributed by atoms with E-state index in [1.165, 1.54) is 5.56 Å². The summed E-state index contributed by atoms with van der Waals surface area (Å²) in [5.74, 6) is -0.129. The number of Topliss-reactive ketones (excluding diaryl/α,β-unsaturated/α-hetero) is 1. The molecule has 1 aromatic carbocycles. The Balaban J connectivity index is 2.47. The van der Waals surface area contributed by atoms with Crippen LogP contribution < -0.4 is 0 Å². The van der Waals surface area contributed by atoms with Crippen molar-refractivity contribution in [2.45, 2.75) is 46.0 Å². The monoisotopic (exact) mass is 262 g/mol. The number of carboxylic acids is 1. The van der Waals surface area contributed by atoms with Gasteiger partial charge in [-0.05, 0) is 29.9 Å². The smallest absolute Gasteiger partial charge is 0.303 e. The summed E-state index contributed by atoms with van der Waals surface area (Å²) in [6.07, 6.45) is 2.27. The second kappa shape index (κ2) is 7.72. The minimum atomic E-state index is -0.841. The zero-order valence-corrected chi connectivity index (χ0v) is 11.7. The Morgan fingerprint density at radius 2 is 1.84 bits per heavy atom. The summed E-state index contributed by atoms with van der Waals surface area (Å²) in [4.78, 5) is 22.1. The molecule has 1 aromatic rings. The van der Waals surface area contributed by atoms with Crippen molar-refractivity contribution in [3.05, 3.63) is 35.4 Å². The summed E-state index contributed by atoms with van der Waals surface area (Å²) in [7, 11) is 0. The van der Waals surface area contributed by atoms with Crippen LogP contribution in [-0.2, 0) is 22.4 Å². The molecule has 0 spiro atoms. The summed E-state index contributed by atoms with van der Waals surface area (Å²) in [6, 6.07) is 8.10. The Morgan fingerprint density at radius 3 is 2.47 bits per heavy atom. The first kappa shape index (κ1) is 15.4. The van der Waals surface area contributed by atoms with Gasteiger partial charge in [0.15, 0.2) is 0 Å². The van der Waals surface area contributed by atoms with Crippen molar-refractivity contribution in [3.8, 4) is 0 Å². The summed E-state index contributed by atoms with van der Waals surface area (Å²) in [6.45, 7) is 4.34. The molecule has 0 heterocycles. The van der Waals surface area contributed by atoms with Gasteiger partial charge in [-0.2, -0.15) is 0 Å². The van der Waals surface area contributed by atoms with Crippen molar-refractivity contribution >= 4 is 11.8 Å². The Kier molecular flexibility index (Phi) is 6.26. The van der Waals surface area contributed by atoms with Gasteiger partial charge in [0.2, 0.25) is 0 Å². The van der Waals surface area contributed by atoms with Crippen LogP contribution in [0.4, 0.5) is 0 Å². The molecule has 0 unspecified atom stereocenters. The number of hydrogen-bond acceptors (Lipinski definition) is 2. The molecule has 0 amide bonds. The third-order valence-electron chi connectivity index (χ3n) is 2.88.